The van der Waals surface area contributed by atoms with Gasteiger partial charge in [0, 0.05) is 56.3 Å². The molecule has 2 aromatic heterocycles. The van der Waals surface area contributed by atoms with Gasteiger partial charge in [0.15, 0.2) is 0 Å². The molecule has 3 aliphatic rings. The van der Waals surface area contributed by atoms with Crippen LogP contribution >= 0.6 is 11.7 Å². The Labute approximate surface area is 201 Å². The largest absolute Gasteiger partial charge is 0.341 e. The molecule has 2 saturated heterocycles. The lowest BCUT2D eigenvalue weighted by Gasteiger charge is -2.44. The summed E-state index contributed by atoms with van der Waals surface area (Å²) in [5.74, 6) is 0.394. The van der Waals surface area contributed by atoms with Gasteiger partial charge in [0.2, 0.25) is 15.9 Å². The maximum atomic E-state index is 13.4. The van der Waals surface area contributed by atoms with E-state index in [1.54, 1.807) is 30.3 Å². The van der Waals surface area contributed by atoms with Gasteiger partial charge in [-0.2, -0.15) is 13.1 Å². The van der Waals surface area contributed by atoms with E-state index in [0.29, 0.717) is 56.6 Å². The summed E-state index contributed by atoms with van der Waals surface area (Å²) in [6.07, 6.45) is 2.01. The molecule has 11 heteroatoms. The first-order valence-electron chi connectivity index (χ1n) is 11.6. The number of carbonyl (C=O) groups is 1. The molecule has 34 heavy (non-hydrogen) atoms. The summed E-state index contributed by atoms with van der Waals surface area (Å²) in [5, 5.41) is 0. The third-order valence-corrected chi connectivity index (χ3v) is 9.93. The fourth-order valence-corrected chi connectivity index (χ4v) is 8.03. The van der Waals surface area contributed by atoms with Gasteiger partial charge in [0.1, 0.15) is 15.9 Å². The van der Waals surface area contributed by atoms with E-state index < -0.39 is 10.0 Å². The smallest absolute Gasteiger partial charge is 0.250 e. The average Bonchev–Trinajstić information content (AvgIpc) is 3.33. The van der Waals surface area contributed by atoms with E-state index in [1.165, 1.54) is 4.31 Å². The summed E-state index contributed by atoms with van der Waals surface area (Å²) in [6, 6.07) is 10.4. The Balaban J connectivity index is 1.15. The predicted octanol–water partition coefficient (Wildman–Crippen LogP) is 1.90. The molecule has 0 N–H and O–H groups in total. The van der Waals surface area contributed by atoms with Gasteiger partial charge in [0.05, 0.1) is 11.7 Å². The number of aromatic nitrogens is 3. The highest BCUT2D eigenvalue weighted by molar-refractivity contribution is 7.89. The third-order valence-electron chi connectivity index (χ3n) is 7.46. The molecule has 2 fully saturated rings. The molecule has 9 nitrogen and oxygen atoms in total. The molecule has 0 aliphatic carbocycles. The van der Waals surface area contributed by atoms with Gasteiger partial charge in [-0.05, 0) is 43.4 Å². The van der Waals surface area contributed by atoms with Crippen LogP contribution in [0.25, 0.3) is 11.0 Å². The van der Waals surface area contributed by atoms with Gasteiger partial charge >= 0.3 is 0 Å². The summed E-state index contributed by atoms with van der Waals surface area (Å²) in [5.41, 5.74) is 2.04. The molecule has 6 rings (SSSR count). The standard InChI is InChI=1S/C23H25N5O4S2/c29-21-6-2-4-19-17-11-15(13-28(19)21)12-26(14-17)23(30)16-7-9-27(10-8-16)34(31,32)20-5-1-3-18-22(20)25-33-24-18/h1-6,15-17H,7-14H2/t15-,17-/m1/s1. The Morgan fingerprint density at radius 3 is 2.62 bits per heavy atom. The molecule has 0 spiro atoms. The molecule has 3 aromatic rings. The molecular formula is C23H25N5O4S2. The maximum absolute atomic E-state index is 13.4. The number of benzene rings is 1. The number of pyridine rings is 1. The molecule has 1 aromatic carbocycles. The number of carbonyl (C=O) groups excluding carboxylic acids is 1. The van der Waals surface area contributed by atoms with Crippen LogP contribution in [0, 0.1) is 11.8 Å². The number of nitrogens with zero attached hydrogens (tertiary/aromatic N) is 5. The molecule has 178 valence electrons. The van der Waals surface area contributed by atoms with Crippen LogP contribution in [0.5, 0.6) is 0 Å². The highest BCUT2D eigenvalue weighted by atomic mass is 32.2. The van der Waals surface area contributed by atoms with E-state index in [9.17, 15) is 18.0 Å². The number of hydrogen-bond acceptors (Lipinski definition) is 7. The van der Waals surface area contributed by atoms with Gasteiger partial charge in [0.25, 0.3) is 5.56 Å². The van der Waals surface area contributed by atoms with Crippen LogP contribution < -0.4 is 5.56 Å². The van der Waals surface area contributed by atoms with Crippen LogP contribution in [0.1, 0.15) is 30.9 Å². The van der Waals surface area contributed by atoms with Crippen LogP contribution in [0.4, 0.5) is 0 Å². The molecule has 2 atom stereocenters. The second-order valence-electron chi connectivity index (χ2n) is 9.51. The van der Waals surface area contributed by atoms with Crippen LogP contribution in [0.15, 0.2) is 46.1 Å². The summed E-state index contributed by atoms with van der Waals surface area (Å²) in [4.78, 5) is 27.8. The summed E-state index contributed by atoms with van der Waals surface area (Å²) in [7, 11) is -3.70. The van der Waals surface area contributed by atoms with E-state index in [2.05, 4.69) is 8.75 Å². The van der Waals surface area contributed by atoms with Gasteiger partial charge in [-0.15, -0.1) is 0 Å². The lowest BCUT2D eigenvalue weighted by Crippen LogP contribution is -2.52. The normalized spacial score (nSPS) is 23.7. The average molecular weight is 500 g/mol. The van der Waals surface area contributed by atoms with Crippen molar-refractivity contribution in [3.63, 3.8) is 0 Å². The van der Waals surface area contributed by atoms with Crippen LogP contribution in [-0.2, 0) is 21.4 Å². The zero-order valence-electron chi connectivity index (χ0n) is 18.5. The van der Waals surface area contributed by atoms with Crippen molar-refractivity contribution in [2.45, 2.75) is 36.6 Å². The van der Waals surface area contributed by atoms with Crippen molar-refractivity contribution >= 4 is 38.7 Å². The molecule has 5 heterocycles. The fraction of sp³-hybridized carbons (Fsp3) is 0.478. The van der Waals surface area contributed by atoms with E-state index in [-0.39, 0.29) is 34.1 Å². The summed E-state index contributed by atoms with van der Waals surface area (Å²) in [6.45, 7) is 2.56. The first-order valence-corrected chi connectivity index (χ1v) is 13.8. The van der Waals surface area contributed by atoms with Crippen molar-refractivity contribution in [2.75, 3.05) is 26.2 Å². The number of fused-ring (bicyclic) bond motifs is 5. The van der Waals surface area contributed by atoms with Gasteiger partial charge in [-0.1, -0.05) is 12.1 Å². The van der Waals surface area contributed by atoms with Crippen molar-refractivity contribution in [3.05, 3.63) is 52.4 Å². The lowest BCUT2D eigenvalue weighted by molar-refractivity contribution is -0.139. The molecule has 0 radical (unpaired) electrons. The minimum absolute atomic E-state index is 0.0321. The first kappa shape index (κ1) is 21.9. The Kier molecular flexibility index (Phi) is 5.30. The SMILES string of the molecule is O=C(C1CCN(S(=O)(=O)c2cccc3nsnc23)CC1)N1C[C@H]2C[C@H](C1)c1cccc(=O)n1C2. The van der Waals surface area contributed by atoms with Gasteiger partial charge < -0.3 is 9.47 Å². The zero-order chi connectivity index (χ0) is 23.4. The number of likely N-dealkylation sites (tertiary alicyclic amines) is 1. The molecular weight excluding hydrogens is 474 g/mol. The number of sulfonamides is 1. The molecule has 1 amide bonds. The number of hydrogen-bond donors (Lipinski definition) is 0. The van der Waals surface area contributed by atoms with E-state index in [0.717, 1.165) is 23.8 Å². The van der Waals surface area contributed by atoms with Crippen molar-refractivity contribution in [3.8, 4) is 0 Å². The first-order chi connectivity index (χ1) is 16.4. The van der Waals surface area contributed by atoms with Crippen LogP contribution in [0.2, 0.25) is 0 Å². The summed E-state index contributed by atoms with van der Waals surface area (Å²) >= 11 is 1.00. The lowest BCUT2D eigenvalue weighted by atomic mass is 9.82. The Hall–Kier alpha value is -2.63. The van der Waals surface area contributed by atoms with E-state index in [1.807, 2.05) is 15.5 Å². The van der Waals surface area contributed by atoms with Crippen LogP contribution in [-0.4, -0.2) is 63.0 Å². The molecule has 0 saturated carbocycles. The van der Waals surface area contributed by atoms with Gasteiger partial charge in [-0.3, -0.25) is 9.59 Å². The fourth-order valence-electron chi connectivity index (χ4n) is 5.81. The molecule has 3 aliphatic heterocycles. The predicted molar refractivity (Wildman–Crippen MR) is 127 cm³/mol. The van der Waals surface area contributed by atoms with E-state index >= 15 is 0 Å². The number of amides is 1. The Morgan fingerprint density at radius 2 is 1.79 bits per heavy atom. The van der Waals surface area contributed by atoms with Crippen molar-refractivity contribution in [2.24, 2.45) is 11.8 Å². The Morgan fingerprint density at radius 1 is 1.00 bits per heavy atom. The second-order valence-corrected chi connectivity index (χ2v) is 11.9. The molecule has 2 bridgehead atoms. The quantitative estimate of drug-likeness (QED) is 0.545. The third kappa shape index (κ3) is 3.57. The topological polar surface area (TPSA) is 105 Å². The second kappa shape index (κ2) is 8.24. The summed E-state index contributed by atoms with van der Waals surface area (Å²) < 4.78 is 38.2. The van der Waals surface area contributed by atoms with Gasteiger partial charge in [-0.25, -0.2) is 8.42 Å². The Bertz CT molecular complexity index is 1420. The van der Waals surface area contributed by atoms with Crippen LogP contribution in [0.3, 0.4) is 0 Å². The zero-order valence-corrected chi connectivity index (χ0v) is 20.2. The van der Waals surface area contributed by atoms with Crippen molar-refractivity contribution in [1.29, 1.82) is 0 Å². The minimum Gasteiger partial charge on any atom is -0.341 e. The number of piperidine rings is 2. The maximum Gasteiger partial charge on any atom is 0.250 e. The molecule has 0 unspecified atom stereocenters. The highest BCUT2D eigenvalue weighted by Gasteiger charge is 2.40. The minimum atomic E-state index is -3.70. The van der Waals surface area contributed by atoms with Crippen molar-refractivity contribution in [1.82, 2.24) is 22.5 Å². The van der Waals surface area contributed by atoms with E-state index in [4.69, 9.17) is 0 Å². The van der Waals surface area contributed by atoms with Crippen molar-refractivity contribution < 1.29 is 13.2 Å². The highest BCUT2D eigenvalue weighted by Crippen LogP contribution is 2.36. The number of rotatable bonds is 3. The monoisotopic (exact) mass is 499 g/mol.